The molecule has 1 spiro atoms. The number of hydrogen-bond acceptors (Lipinski definition) is 4. The van der Waals surface area contributed by atoms with Crippen molar-refractivity contribution in [3.63, 3.8) is 0 Å². The normalized spacial score (nSPS) is 25.6. The van der Waals surface area contributed by atoms with Crippen molar-refractivity contribution in [1.29, 1.82) is 0 Å². The Morgan fingerprint density at radius 3 is 2.77 bits per heavy atom. The summed E-state index contributed by atoms with van der Waals surface area (Å²) in [6.07, 6.45) is 5.44. The van der Waals surface area contributed by atoms with Gasteiger partial charge in [-0.3, -0.25) is 4.79 Å². The highest BCUT2D eigenvalue weighted by Crippen LogP contribution is 2.58. The van der Waals surface area contributed by atoms with Crippen molar-refractivity contribution in [2.24, 2.45) is 5.41 Å². The van der Waals surface area contributed by atoms with Crippen LogP contribution < -0.4 is 0 Å². The maximum Gasteiger partial charge on any atom is 0.227 e. The number of carbonyl (C=O) groups excluding carboxylic acids is 1. The molecule has 22 heavy (non-hydrogen) atoms. The summed E-state index contributed by atoms with van der Waals surface area (Å²) in [5, 5.41) is 0. The minimum absolute atomic E-state index is 0.194. The Kier molecular flexibility index (Phi) is 4.45. The monoisotopic (exact) mass is 340 g/mol. The Bertz CT molecular complexity index is 618. The van der Waals surface area contributed by atoms with Gasteiger partial charge in [0.15, 0.2) is 3.95 Å². The molecule has 2 fully saturated rings. The van der Waals surface area contributed by atoms with Gasteiger partial charge in [-0.1, -0.05) is 6.42 Å². The number of nitrogens with zero attached hydrogens (tertiary/aromatic N) is 1. The highest BCUT2D eigenvalue weighted by Gasteiger charge is 2.60. The number of hydrogen-bond donors (Lipinski definition) is 1. The molecule has 0 aromatic carbocycles. The number of H-pyrrole nitrogens is 1. The smallest absolute Gasteiger partial charge is 0.227 e. The van der Waals surface area contributed by atoms with E-state index in [2.05, 4.69) is 11.9 Å². The van der Waals surface area contributed by atoms with Gasteiger partial charge in [0.25, 0.3) is 0 Å². The number of aromatic amines is 1. The largest absolute Gasteiger partial charge is 0.378 e. The Hall–Kier alpha value is -0.720. The van der Waals surface area contributed by atoms with Gasteiger partial charge in [0.1, 0.15) is 0 Å². The summed E-state index contributed by atoms with van der Waals surface area (Å²) >= 11 is 6.67. The highest BCUT2D eigenvalue weighted by molar-refractivity contribution is 7.73. The van der Waals surface area contributed by atoms with Crippen molar-refractivity contribution in [2.45, 2.75) is 58.1 Å². The first-order chi connectivity index (χ1) is 10.5. The van der Waals surface area contributed by atoms with Gasteiger partial charge >= 0.3 is 0 Å². The quantitative estimate of drug-likeness (QED) is 0.835. The Morgan fingerprint density at radius 2 is 2.27 bits per heavy atom. The summed E-state index contributed by atoms with van der Waals surface area (Å²) in [5.41, 5.74) is 1.26. The fourth-order valence-corrected chi connectivity index (χ4v) is 5.27. The Morgan fingerprint density at radius 1 is 1.55 bits per heavy atom. The zero-order chi connectivity index (χ0) is 15.9. The summed E-state index contributed by atoms with van der Waals surface area (Å²) in [6, 6.07) is 0.345. The molecule has 2 atom stereocenters. The molecule has 0 unspecified atom stereocenters. The first-order valence-electron chi connectivity index (χ1n) is 8.04. The van der Waals surface area contributed by atoms with Crippen molar-refractivity contribution in [2.75, 3.05) is 13.7 Å². The molecule has 1 aromatic heterocycles. The lowest BCUT2D eigenvalue weighted by Crippen LogP contribution is -2.67. The maximum atomic E-state index is 12.6. The molecular formula is C16H24N2O2S2. The van der Waals surface area contributed by atoms with Crippen molar-refractivity contribution in [1.82, 2.24) is 9.88 Å². The minimum atomic E-state index is 0.194. The van der Waals surface area contributed by atoms with Crippen LogP contribution in [-0.2, 0) is 16.0 Å². The summed E-state index contributed by atoms with van der Waals surface area (Å²) in [5.74, 6) is 0.194. The van der Waals surface area contributed by atoms with Gasteiger partial charge in [-0.2, -0.15) is 0 Å². The van der Waals surface area contributed by atoms with E-state index in [0.29, 0.717) is 18.6 Å². The lowest BCUT2D eigenvalue weighted by Gasteiger charge is -2.63. The van der Waals surface area contributed by atoms with Crippen LogP contribution in [0.25, 0.3) is 0 Å². The minimum Gasteiger partial charge on any atom is -0.378 e. The number of aromatic nitrogens is 1. The van der Waals surface area contributed by atoms with Gasteiger partial charge in [-0.05, 0) is 45.3 Å². The molecule has 2 saturated carbocycles. The predicted octanol–water partition coefficient (Wildman–Crippen LogP) is 3.46. The molecule has 122 valence electrons. The number of ether oxygens (including phenoxy) is 1. The van der Waals surface area contributed by atoms with Crippen molar-refractivity contribution >= 4 is 29.5 Å². The van der Waals surface area contributed by atoms with Gasteiger partial charge in [-0.25, -0.2) is 0 Å². The highest BCUT2D eigenvalue weighted by atomic mass is 32.1. The molecule has 2 aliphatic rings. The topological polar surface area (TPSA) is 45.3 Å². The number of nitrogens with one attached hydrogen (secondary N) is 1. The lowest BCUT2D eigenvalue weighted by atomic mass is 9.50. The average molecular weight is 341 g/mol. The molecule has 1 N–H and O–H groups in total. The van der Waals surface area contributed by atoms with Crippen molar-refractivity contribution < 1.29 is 9.53 Å². The first-order valence-corrected chi connectivity index (χ1v) is 9.26. The van der Waals surface area contributed by atoms with Gasteiger partial charge in [0.05, 0.1) is 12.5 Å². The van der Waals surface area contributed by atoms with Crippen LogP contribution in [-0.4, -0.2) is 41.6 Å². The van der Waals surface area contributed by atoms with Crippen LogP contribution >= 0.6 is 23.6 Å². The third-order valence-electron chi connectivity index (χ3n) is 5.49. The number of aryl methyl sites for hydroxylation is 1. The molecule has 0 radical (unpaired) electrons. The lowest BCUT2D eigenvalue weighted by molar-refractivity contribution is -0.202. The van der Waals surface area contributed by atoms with Crippen LogP contribution in [0.2, 0.25) is 0 Å². The third-order valence-corrected chi connectivity index (χ3v) is 6.83. The van der Waals surface area contributed by atoms with Gasteiger partial charge < -0.3 is 14.6 Å². The van der Waals surface area contributed by atoms with Gasteiger partial charge in [0, 0.05) is 35.7 Å². The maximum absolute atomic E-state index is 12.6. The van der Waals surface area contributed by atoms with Crippen LogP contribution in [0.3, 0.4) is 0 Å². The summed E-state index contributed by atoms with van der Waals surface area (Å²) < 4.78 is 6.63. The zero-order valence-electron chi connectivity index (χ0n) is 13.5. The van der Waals surface area contributed by atoms with Crippen LogP contribution in [0.5, 0.6) is 0 Å². The van der Waals surface area contributed by atoms with Crippen molar-refractivity contribution in [3.8, 4) is 0 Å². The summed E-state index contributed by atoms with van der Waals surface area (Å²) in [4.78, 5) is 18.8. The van der Waals surface area contributed by atoms with E-state index in [0.717, 1.165) is 27.6 Å². The number of amides is 1. The van der Waals surface area contributed by atoms with Crippen LogP contribution in [0.4, 0.5) is 0 Å². The number of likely N-dealkylation sites (N-methyl/N-ethyl adjacent to an activating group) is 1. The van der Waals surface area contributed by atoms with Crippen LogP contribution in [0.1, 0.15) is 43.2 Å². The van der Waals surface area contributed by atoms with E-state index < -0.39 is 0 Å². The van der Waals surface area contributed by atoms with Crippen LogP contribution in [0.15, 0.2) is 0 Å². The molecule has 2 aliphatic carbocycles. The summed E-state index contributed by atoms with van der Waals surface area (Å²) in [6.45, 7) is 4.80. The number of rotatable bonds is 5. The molecule has 4 nitrogen and oxygen atoms in total. The van der Waals surface area contributed by atoms with E-state index in [4.69, 9.17) is 17.0 Å². The molecule has 1 aromatic rings. The zero-order valence-corrected chi connectivity index (χ0v) is 15.1. The van der Waals surface area contributed by atoms with Crippen molar-refractivity contribution in [3.05, 3.63) is 14.5 Å². The second-order valence-corrected chi connectivity index (χ2v) is 8.30. The number of carbonyl (C=O) groups is 1. The summed E-state index contributed by atoms with van der Waals surface area (Å²) in [7, 11) is 1.95. The van der Waals surface area contributed by atoms with E-state index in [9.17, 15) is 4.79 Å². The molecule has 6 heteroatoms. The van der Waals surface area contributed by atoms with E-state index in [1.165, 1.54) is 30.6 Å². The Balaban J connectivity index is 1.66. The SMILES string of the molecule is CCO[C@H]1C[C@H](N(C)C(=O)Cc2sc(=S)[nH]c2C)C12CCC2. The molecule has 3 rings (SSSR count). The third kappa shape index (κ3) is 2.55. The van der Waals surface area contributed by atoms with E-state index >= 15 is 0 Å². The second-order valence-electron chi connectivity index (χ2n) is 6.53. The second kappa shape index (κ2) is 6.06. The van der Waals surface area contributed by atoms with Crippen LogP contribution in [0, 0.1) is 16.3 Å². The molecule has 1 amide bonds. The fourth-order valence-electron chi connectivity index (χ4n) is 3.99. The Labute approximate surface area is 140 Å². The molecule has 0 bridgehead atoms. The fraction of sp³-hybridized carbons (Fsp3) is 0.750. The molecule has 1 heterocycles. The predicted molar refractivity (Wildman–Crippen MR) is 90.8 cm³/mol. The van der Waals surface area contributed by atoms with E-state index in [1.54, 1.807) is 0 Å². The standard InChI is InChI=1S/C16H24N2O2S2/c1-4-20-13-9-12(16(13)6-5-7-16)18(3)14(19)8-11-10(2)17-15(21)22-11/h12-13H,4-9H2,1-3H3,(H,17,21)/t12-,13-/m0/s1. The molecular weight excluding hydrogens is 316 g/mol. The van der Waals surface area contributed by atoms with Gasteiger partial charge in [0.2, 0.25) is 5.91 Å². The first kappa shape index (κ1) is 16.1. The molecule has 0 saturated heterocycles. The van der Waals surface area contributed by atoms with E-state index in [-0.39, 0.29) is 11.3 Å². The number of thiazole rings is 1. The van der Waals surface area contributed by atoms with Gasteiger partial charge in [-0.15, -0.1) is 11.3 Å². The van der Waals surface area contributed by atoms with E-state index in [1.807, 2.05) is 18.9 Å². The average Bonchev–Trinajstić information content (AvgIpc) is 2.69. The molecule has 0 aliphatic heterocycles.